The van der Waals surface area contributed by atoms with Crippen molar-refractivity contribution in [2.75, 3.05) is 44.3 Å². The Hall–Kier alpha value is -4.23. The van der Waals surface area contributed by atoms with Crippen LogP contribution < -0.4 is 14.4 Å². The van der Waals surface area contributed by atoms with Crippen LogP contribution in [0.4, 0.5) is 5.69 Å². The summed E-state index contributed by atoms with van der Waals surface area (Å²) in [5.74, 6) is 2.87. The Kier molecular flexibility index (Phi) is 9.60. The van der Waals surface area contributed by atoms with Gasteiger partial charge in [-0.1, -0.05) is 54.6 Å². The number of carbonyl (C=O) groups excluding carboxylic acids is 1. The Bertz CT molecular complexity index is 1380. The summed E-state index contributed by atoms with van der Waals surface area (Å²) in [5, 5.41) is 0. The summed E-state index contributed by atoms with van der Waals surface area (Å²) in [6.07, 6.45) is 0. The first-order valence-electron chi connectivity index (χ1n) is 14.5. The molecule has 1 aromatic heterocycles. The first-order valence-corrected chi connectivity index (χ1v) is 14.5. The van der Waals surface area contributed by atoms with Crippen molar-refractivity contribution in [2.24, 2.45) is 0 Å². The Balaban J connectivity index is 1.22. The molecule has 0 atom stereocenters. The van der Waals surface area contributed by atoms with Gasteiger partial charge in [0.05, 0.1) is 25.4 Å². The summed E-state index contributed by atoms with van der Waals surface area (Å²) in [7, 11) is 0. The summed E-state index contributed by atoms with van der Waals surface area (Å²) < 4.78 is 17.5. The van der Waals surface area contributed by atoms with Gasteiger partial charge in [0.1, 0.15) is 17.3 Å². The number of nitrogens with zero attached hydrogens (tertiary/aromatic N) is 3. The lowest BCUT2D eigenvalue weighted by Gasteiger charge is -2.36. The molecule has 4 aromatic rings. The van der Waals surface area contributed by atoms with Crippen LogP contribution in [0.5, 0.6) is 11.5 Å². The van der Waals surface area contributed by atoms with Crippen LogP contribution in [0.25, 0.3) is 0 Å². The van der Waals surface area contributed by atoms with Gasteiger partial charge >= 0.3 is 0 Å². The average molecular weight is 554 g/mol. The number of anilines is 1. The highest BCUT2D eigenvalue weighted by Gasteiger charge is 2.26. The van der Waals surface area contributed by atoms with Gasteiger partial charge in [-0.05, 0) is 61.4 Å². The SMILES string of the molecule is CCOc1ccc(CN(Cc2ccccc2)Cc2ccc(C(=O)N3CCN(c4ccccc4OCC)CC3)o2)cc1. The standard InChI is InChI=1S/C34H39N3O4/c1-3-39-29-16-14-28(15-17-29)25-35(24-27-10-6-5-7-11-27)26-30-18-19-33(41-30)34(38)37-22-20-36(21-23-37)31-12-8-9-13-32(31)40-4-2/h5-19H,3-4,20-26H2,1-2H3. The van der Waals surface area contributed by atoms with Gasteiger partial charge in [-0.3, -0.25) is 9.69 Å². The smallest absolute Gasteiger partial charge is 0.289 e. The number of rotatable bonds is 12. The molecule has 1 aliphatic heterocycles. The molecule has 41 heavy (non-hydrogen) atoms. The number of amides is 1. The number of hydrogen-bond donors (Lipinski definition) is 0. The number of para-hydroxylation sites is 2. The third-order valence-electron chi connectivity index (χ3n) is 7.21. The fourth-order valence-electron chi connectivity index (χ4n) is 5.23. The topological polar surface area (TPSA) is 58.4 Å². The second-order valence-corrected chi connectivity index (χ2v) is 10.2. The van der Waals surface area contributed by atoms with Gasteiger partial charge in [0.2, 0.25) is 0 Å². The van der Waals surface area contributed by atoms with Crippen LogP contribution >= 0.6 is 0 Å². The zero-order valence-corrected chi connectivity index (χ0v) is 24.0. The first-order chi connectivity index (χ1) is 20.1. The highest BCUT2D eigenvalue weighted by atomic mass is 16.5. The van der Waals surface area contributed by atoms with E-state index in [-0.39, 0.29) is 5.91 Å². The van der Waals surface area contributed by atoms with E-state index in [1.807, 2.05) is 67.3 Å². The number of carbonyl (C=O) groups is 1. The number of hydrogen-bond acceptors (Lipinski definition) is 6. The molecule has 0 aliphatic carbocycles. The van der Waals surface area contributed by atoms with Gasteiger partial charge in [0.25, 0.3) is 5.91 Å². The zero-order valence-electron chi connectivity index (χ0n) is 24.0. The quantitative estimate of drug-likeness (QED) is 0.207. The summed E-state index contributed by atoms with van der Waals surface area (Å²) >= 11 is 0. The van der Waals surface area contributed by atoms with E-state index in [9.17, 15) is 4.79 Å². The van der Waals surface area contributed by atoms with Gasteiger partial charge in [-0.2, -0.15) is 0 Å². The third kappa shape index (κ3) is 7.50. The van der Waals surface area contributed by atoms with E-state index in [1.54, 1.807) is 0 Å². The van der Waals surface area contributed by atoms with Crippen molar-refractivity contribution < 1.29 is 18.7 Å². The Morgan fingerprint density at radius 1 is 0.732 bits per heavy atom. The largest absolute Gasteiger partial charge is 0.494 e. The summed E-state index contributed by atoms with van der Waals surface area (Å²) in [5.41, 5.74) is 3.49. The first kappa shape index (κ1) is 28.3. The van der Waals surface area contributed by atoms with Gasteiger partial charge in [-0.25, -0.2) is 0 Å². The van der Waals surface area contributed by atoms with E-state index in [4.69, 9.17) is 13.9 Å². The fraction of sp³-hybridized carbons (Fsp3) is 0.324. The summed E-state index contributed by atoms with van der Waals surface area (Å²) in [6.45, 7) is 10.1. The van der Waals surface area contributed by atoms with Crippen molar-refractivity contribution in [3.05, 3.63) is 114 Å². The van der Waals surface area contributed by atoms with Crippen LogP contribution in [0.3, 0.4) is 0 Å². The van der Waals surface area contributed by atoms with Crippen molar-refractivity contribution in [1.29, 1.82) is 0 Å². The van der Waals surface area contributed by atoms with Crippen LogP contribution in [-0.4, -0.2) is 55.1 Å². The minimum atomic E-state index is -0.0601. The molecule has 7 nitrogen and oxygen atoms in total. The van der Waals surface area contributed by atoms with Crippen LogP contribution in [-0.2, 0) is 19.6 Å². The monoisotopic (exact) mass is 553 g/mol. The molecule has 7 heteroatoms. The summed E-state index contributed by atoms with van der Waals surface area (Å²) in [6, 6.07) is 30.5. The molecule has 0 saturated carbocycles. The fourth-order valence-corrected chi connectivity index (χ4v) is 5.23. The van der Waals surface area contributed by atoms with E-state index >= 15 is 0 Å². The molecular weight excluding hydrogens is 514 g/mol. The lowest BCUT2D eigenvalue weighted by atomic mass is 10.1. The third-order valence-corrected chi connectivity index (χ3v) is 7.21. The molecule has 214 valence electrons. The van der Waals surface area contributed by atoms with E-state index in [0.717, 1.165) is 49.1 Å². The van der Waals surface area contributed by atoms with E-state index in [1.165, 1.54) is 11.1 Å². The number of benzene rings is 3. The molecular formula is C34H39N3O4. The molecule has 5 rings (SSSR count). The Labute approximate surface area is 242 Å². The van der Waals surface area contributed by atoms with E-state index in [0.29, 0.717) is 38.6 Å². The maximum atomic E-state index is 13.3. The lowest BCUT2D eigenvalue weighted by Crippen LogP contribution is -2.48. The van der Waals surface area contributed by atoms with Crippen molar-refractivity contribution in [3.63, 3.8) is 0 Å². The molecule has 3 aromatic carbocycles. The second-order valence-electron chi connectivity index (χ2n) is 10.2. The van der Waals surface area contributed by atoms with Crippen molar-refractivity contribution in [2.45, 2.75) is 33.5 Å². The predicted molar refractivity (Wildman–Crippen MR) is 161 cm³/mol. The highest BCUT2D eigenvalue weighted by Crippen LogP contribution is 2.29. The van der Waals surface area contributed by atoms with Gasteiger partial charge < -0.3 is 23.7 Å². The summed E-state index contributed by atoms with van der Waals surface area (Å²) in [4.78, 5) is 19.8. The van der Waals surface area contributed by atoms with Crippen molar-refractivity contribution >= 4 is 11.6 Å². The van der Waals surface area contributed by atoms with Crippen LogP contribution in [0.15, 0.2) is 95.4 Å². The van der Waals surface area contributed by atoms with Crippen LogP contribution in [0, 0.1) is 0 Å². The molecule has 0 spiro atoms. The number of ether oxygens (including phenoxy) is 2. The normalized spacial score (nSPS) is 13.4. The molecule has 0 radical (unpaired) electrons. The maximum Gasteiger partial charge on any atom is 0.289 e. The molecule has 1 saturated heterocycles. The van der Waals surface area contributed by atoms with E-state index < -0.39 is 0 Å². The Morgan fingerprint density at radius 2 is 1.39 bits per heavy atom. The predicted octanol–water partition coefficient (Wildman–Crippen LogP) is 6.24. The van der Waals surface area contributed by atoms with Gasteiger partial charge in [0.15, 0.2) is 5.76 Å². The van der Waals surface area contributed by atoms with Crippen LogP contribution in [0.2, 0.25) is 0 Å². The molecule has 1 fully saturated rings. The molecule has 2 heterocycles. The minimum absolute atomic E-state index is 0.0601. The molecule has 1 amide bonds. The average Bonchev–Trinajstić information content (AvgIpc) is 3.47. The minimum Gasteiger partial charge on any atom is -0.494 e. The Morgan fingerprint density at radius 3 is 2.10 bits per heavy atom. The molecule has 0 N–H and O–H groups in total. The molecule has 0 bridgehead atoms. The maximum absolute atomic E-state index is 13.3. The molecule has 0 unspecified atom stereocenters. The number of furan rings is 1. The van der Waals surface area contributed by atoms with Crippen LogP contribution in [0.1, 0.15) is 41.3 Å². The van der Waals surface area contributed by atoms with Crippen molar-refractivity contribution in [1.82, 2.24) is 9.80 Å². The molecule has 1 aliphatic rings. The zero-order chi connectivity index (χ0) is 28.4. The lowest BCUT2D eigenvalue weighted by molar-refractivity contribution is 0.0710. The van der Waals surface area contributed by atoms with E-state index in [2.05, 4.69) is 52.3 Å². The van der Waals surface area contributed by atoms with Crippen molar-refractivity contribution in [3.8, 4) is 11.5 Å². The number of piperazine rings is 1. The second kappa shape index (κ2) is 13.9. The van der Waals surface area contributed by atoms with Gasteiger partial charge in [-0.15, -0.1) is 0 Å². The highest BCUT2D eigenvalue weighted by molar-refractivity contribution is 5.91. The van der Waals surface area contributed by atoms with Gasteiger partial charge in [0, 0.05) is 39.3 Å².